The van der Waals surface area contributed by atoms with E-state index in [1.807, 2.05) is 0 Å². The van der Waals surface area contributed by atoms with Crippen LogP contribution >= 0.6 is 0 Å². The zero-order valence-electron chi connectivity index (χ0n) is 5.99. The summed E-state index contributed by atoms with van der Waals surface area (Å²) in [6.07, 6.45) is 3.17. The maximum Gasteiger partial charge on any atom is 0.209 e. The number of nitrogens with zero attached hydrogens (tertiary/aromatic N) is 1. The van der Waals surface area contributed by atoms with Crippen LogP contribution in [0.25, 0.3) is 0 Å². The van der Waals surface area contributed by atoms with Gasteiger partial charge in [-0.2, -0.15) is 0 Å². The number of hydrogen-bond donors (Lipinski definition) is 1. The van der Waals surface area contributed by atoms with E-state index in [0.717, 1.165) is 32.2 Å². The Balaban J connectivity index is 2.32. The van der Waals surface area contributed by atoms with Crippen LogP contribution in [-0.2, 0) is 4.79 Å². The van der Waals surface area contributed by atoms with E-state index in [-0.39, 0.29) is 6.10 Å². The summed E-state index contributed by atoms with van der Waals surface area (Å²) in [6, 6.07) is 0. The Labute approximate surface area is 60.6 Å². The van der Waals surface area contributed by atoms with E-state index in [1.54, 1.807) is 4.90 Å². The van der Waals surface area contributed by atoms with Gasteiger partial charge in [-0.05, 0) is 19.3 Å². The topological polar surface area (TPSA) is 40.5 Å². The number of aliphatic hydroxyl groups is 1. The first-order valence-electron chi connectivity index (χ1n) is 3.70. The first-order chi connectivity index (χ1) is 4.83. The van der Waals surface area contributed by atoms with Crippen LogP contribution in [0.5, 0.6) is 0 Å². The molecule has 1 saturated heterocycles. The first kappa shape index (κ1) is 7.54. The number of hydrogen-bond acceptors (Lipinski definition) is 2. The Hall–Kier alpha value is -0.570. The molecule has 58 valence electrons. The average molecular weight is 143 g/mol. The molecule has 0 spiro atoms. The third-order valence-electron chi connectivity index (χ3n) is 1.88. The SMILES string of the molecule is O=CN1CCCC(O)CC1. The third-order valence-corrected chi connectivity index (χ3v) is 1.88. The van der Waals surface area contributed by atoms with E-state index >= 15 is 0 Å². The first-order valence-corrected chi connectivity index (χ1v) is 3.70. The van der Waals surface area contributed by atoms with Crippen LogP contribution in [0.3, 0.4) is 0 Å². The zero-order chi connectivity index (χ0) is 7.40. The molecule has 0 bridgehead atoms. The normalized spacial score (nSPS) is 27.7. The molecule has 10 heavy (non-hydrogen) atoms. The second-order valence-electron chi connectivity index (χ2n) is 2.73. The highest BCUT2D eigenvalue weighted by molar-refractivity contribution is 5.46. The second-order valence-corrected chi connectivity index (χ2v) is 2.73. The fourth-order valence-electron chi connectivity index (χ4n) is 1.21. The van der Waals surface area contributed by atoms with Crippen molar-refractivity contribution < 1.29 is 9.90 Å². The molecule has 1 aliphatic rings. The summed E-state index contributed by atoms with van der Waals surface area (Å²) in [5.41, 5.74) is 0. The molecule has 1 amide bonds. The summed E-state index contributed by atoms with van der Waals surface area (Å²) in [7, 11) is 0. The molecular weight excluding hydrogens is 130 g/mol. The maximum atomic E-state index is 10.3. The Morgan fingerprint density at radius 2 is 2.20 bits per heavy atom. The summed E-state index contributed by atoms with van der Waals surface area (Å²) in [5.74, 6) is 0. The lowest BCUT2D eigenvalue weighted by Gasteiger charge is -2.12. The Morgan fingerprint density at radius 1 is 1.40 bits per heavy atom. The number of rotatable bonds is 1. The highest BCUT2D eigenvalue weighted by Gasteiger charge is 2.12. The molecule has 0 radical (unpaired) electrons. The molecule has 3 nitrogen and oxygen atoms in total. The summed E-state index contributed by atoms with van der Waals surface area (Å²) in [4.78, 5) is 12.0. The Bertz CT molecular complexity index is 116. The molecular formula is C7H13NO2. The van der Waals surface area contributed by atoms with Gasteiger partial charge in [0.2, 0.25) is 6.41 Å². The molecule has 0 aliphatic carbocycles. The van der Waals surface area contributed by atoms with E-state index in [1.165, 1.54) is 0 Å². The molecule has 0 aromatic heterocycles. The van der Waals surface area contributed by atoms with Crippen LogP contribution in [0.1, 0.15) is 19.3 Å². The molecule has 0 saturated carbocycles. The smallest absolute Gasteiger partial charge is 0.209 e. The van der Waals surface area contributed by atoms with E-state index in [2.05, 4.69) is 0 Å². The summed E-state index contributed by atoms with van der Waals surface area (Å²) in [5, 5.41) is 9.16. The fraction of sp³-hybridized carbons (Fsp3) is 0.857. The van der Waals surface area contributed by atoms with Gasteiger partial charge in [0.1, 0.15) is 0 Å². The fourth-order valence-corrected chi connectivity index (χ4v) is 1.21. The molecule has 1 rings (SSSR count). The quantitative estimate of drug-likeness (QED) is 0.524. The minimum absolute atomic E-state index is 0.190. The van der Waals surface area contributed by atoms with Crippen LogP contribution in [0.2, 0.25) is 0 Å². The van der Waals surface area contributed by atoms with Crippen molar-refractivity contribution in [3.05, 3.63) is 0 Å². The van der Waals surface area contributed by atoms with E-state index in [4.69, 9.17) is 5.11 Å². The summed E-state index contributed by atoms with van der Waals surface area (Å²) < 4.78 is 0. The van der Waals surface area contributed by atoms with Crippen LogP contribution < -0.4 is 0 Å². The molecule has 1 heterocycles. The summed E-state index contributed by atoms with van der Waals surface area (Å²) >= 11 is 0. The molecule has 1 unspecified atom stereocenters. The van der Waals surface area contributed by atoms with Gasteiger partial charge < -0.3 is 10.0 Å². The van der Waals surface area contributed by atoms with Gasteiger partial charge in [0, 0.05) is 13.1 Å². The minimum Gasteiger partial charge on any atom is -0.393 e. The number of amides is 1. The van der Waals surface area contributed by atoms with Gasteiger partial charge >= 0.3 is 0 Å². The molecule has 3 heteroatoms. The van der Waals surface area contributed by atoms with Gasteiger partial charge in [-0.15, -0.1) is 0 Å². The molecule has 1 atom stereocenters. The average Bonchev–Trinajstić information content (AvgIpc) is 2.14. The van der Waals surface area contributed by atoms with Crippen molar-refractivity contribution >= 4 is 6.41 Å². The predicted octanol–water partition coefficient (Wildman–Crippen LogP) is -0.0104. The number of aliphatic hydroxyl groups excluding tert-OH is 1. The van der Waals surface area contributed by atoms with E-state index in [0.29, 0.717) is 6.54 Å². The van der Waals surface area contributed by atoms with Crippen molar-refractivity contribution in [1.82, 2.24) is 4.90 Å². The van der Waals surface area contributed by atoms with Crippen LogP contribution in [0.4, 0.5) is 0 Å². The largest absolute Gasteiger partial charge is 0.393 e. The lowest BCUT2D eigenvalue weighted by atomic mass is 10.2. The number of carbonyl (C=O) groups is 1. The monoisotopic (exact) mass is 143 g/mol. The number of carbonyl (C=O) groups excluding carboxylic acids is 1. The highest BCUT2D eigenvalue weighted by atomic mass is 16.3. The van der Waals surface area contributed by atoms with Crippen molar-refractivity contribution in [2.75, 3.05) is 13.1 Å². The van der Waals surface area contributed by atoms with E-state index < -0.39 is 0 Å². The lowest BCUT2D eigenvalue weighted by Crippen LogP contribution is -2.22. The predicted molar refractivity (Wildman–Crippen MR) is 37.5 cm³/mol. The summed E-state index contributed by atoms with van der Waals surface area (Å²) in [6.45, 7) is 1.52. The standard InChI is InChI=1S/C7H13NO2/c9-6-8-4-1-2-7(10)3-5-8/h6-7,10H,1-5H2. The van der Waals surface area contributed by atoms with Gasteiger partial charge in [-0.1, -0.05) is 0 Å². The third kappa shape index (κ3) is 1.99. The van der Waals surface area contributed by atoms with Crippen molar-refractivity contribution in [3.8, 4) is 0 Å². The van der Waals surface area contributed by atoms with Crippen molar-refractivity contribution in [2.45, 2.75) is 25.4 Å². The minimum atomic E-state index is -0.190. The Kier molecular flexibility index (Phi) is 2.68. The zero-order valence-corrected chi connectivity index (χ0v) is 5.99. The van der Waals surface area contributed by atoms with Gasteiger partial charge in [-0.25, -0.2) is 0 Å². The van der Waals surface area contributed by atoms with E-state index in [9.17, 15) is 4.79 Å². The maximum absolute atomic E-state index is 10.3. The Morgan fingerprint density at radius 3 is 2.90 bits per heavy atom. The second kappa shape index (κ2) is 3.56. The van der Waals surface area contributed by atoms with Crippen molar-refractivity contribution in [3.63, 3.8) is 0 Å². The van der Waals surface area contributed by atoms with Gasteiger partial charge in [0.25, 0.3) is 0 Å². The molecule has 1 aliphatic heterocycles. The van der Waals surface area contributed by atoms with Crippen molar-refractivity contribution in [1.29, 1.82) is 0 Å². The molecule has 0 aromatic rings. The van der Waals surface area contributed by atoms with Crippen molar-refractivity contribution in [2.24, 2.45) is 0 Å². The molecule has 0 aromatic carbocycles. The van der Waals surface area contributed by atoms with Gasteiger partial charge in [0.15, 0.2) is 0 Å². The molecule has 1 N–H and O–H groups in total. The molecule has 1 fully saturated rings. The van der Waals surface area contributed by atoms with Gasteiger partial charge in [0.05, 0.1) is 6.10 Å². The van der Waals surface area contributed by atoms with Crippen LogP contribution in [0, 0.1) is 0 Å². The van der Waals surface area contributed by atoms with Crippen LogP contribution in [0.15, 0.2) is 0 Å². The highest BCUT2D eigenvalue weighted by Crippen LogP contribution is 2.08. The van der Waals surface area contributed by atoms with Gasteiger partial charge in [-0.3, -0.25) is 4.79 Å². The lowest BCUT2D eigenvalue weighted by molar-refractivity contribution is -0.118. The van der Waals surface area contributed by atoms with Crippen LogP contribution in [-0.4, -0.2) is 35.6 Å². The number of likely N-dealkylation sites (tertiary alicyclic amines) is 1.